The molecular weight excluding hydrogens is 268 g/mol. The van der Waals surface area contributed by atoms with Gasteiger partial charge >= 0.3 is 5.97 Å². The number of halogens is 1. The maximum atomic E-state index is 11.2. The summed E-state index contributed by atoms with van der Waals surface area (Å²) in [6, 6.07) is 0. The predicted molar refractivity (Wildman–Crippen MR) is 55.7 cm³/mol. The number of rotatable bonds is 3. The fraction of sp³-hybridized carbons (Fsp3) is 0.444. The summed E-state index contributed by atoms with van der Waals surface area (Å²) >= 11 is 3.14. The third-order valence-corrected chi connectivity index (χ3v) is 2.72. The number of aliphatic hydroxyl groups excluding tert-OH is 1. The first-order chi connectivity index (χ1) is 6.97. The number of hydrogen-bond donors (Lipinski definition) is 2. The van der Waals surface area contributed by atoms with Crippen LogP contribution in [-0.4, -0.2) is 36.0 Å². The summed E-state index contributed by atoms with van der Waals surface area (Å²) in [7, 11) is 2.54. The first-order valence-corrected chi connectivity index (χ1v) is 4.89. The van der Waals surface area contributed by atoms with Gasteiger partial charge in [-0.25, -0.2) is 4.79 Å². The molecule has 2 N–H and O–H groups in total. The maximum absolute atomic E-state index is 11.2. The van der Waals surface area contributed by atoms with Crippen LogP contribution in [0, 0.1) is 0 Å². The average molecular weight is 279 g/mol. The van der Waals surface area contributed by atoms with E-state index >= 15 is 0 Å². The molecule has 1 atom stereocenters. The van der Waals surface area contributed by atoms with E-state index in [4.69, 9.17) is 14.6 Å². The zero-order valence-electron chi connectivity index (χ0n) is 8.28. The molecule has 0 radical (unpaired) electrons. The number of aliphatic hydroxyl groups is 1. The van der Waals surface area contributed by atoms with Crippen molar-refractivity contribution in [3.63, 3.8) is 0 Å². The number of ether oxygens (including phenoxy) is 2. The molecule has 0 aromatic rings. The molecule has 1 unspecified atom stereocenters. The quantitative estimate of drug-likeness (QED) is 0.819. The van der Waals surface area contributed by atoms with Crippen LogP contribution in [0.1, 0.15) is 6.42 Å². The van der Waals surface area contributed by atoms with Crippen LogP contribution in [0.2, 0.25) is 0 Å². The molecule has 0 aromatic heterocycles. The van der Waals surface area contributed by atoms with Gasteiger partial charge in [0.05, 0.1) is 7.11 Å². The lowest BCUT2D eigenvalue weighted by Crippen LogP contribution is -2.45. The van der Waals surface area contributed by atoms with Crippen molar-refractivity contribution in [2.45, 2.75) is 12.0 Å². The van der Waals surface area contributed by atoms with E-state index < -0.39 is 11.6 Å². The highest BCUT2D eigenvalue weighted by Gasteiger charge is 2.48. The molecule has 0 aliphatic heterocycles. The topological polar surface area (TPSA) is 76.0 Å². The molecule has 0 spiro atoms. The van der Waals surface area contributed by atoms with E-state index in [1.165, 1.54) is 20.3 Å². The molecule has 0 bridgehead atoms. The lowest BCUT2D eigenvalue weighted by Gasteiger charge is -2.31. The molecule has 0 saturated carbocycles. The van der Waals surface area contributed by atoms with Gasteiger partial charge in [-0.15, -0.1) is 0 Å². The van der Waals surface area contributed by atoms with Crippen molar-refractivity contribution in [3.05, 3.63) is 22.1 Å². The molecule has 0 aromatic carbocycles. The first kappa shape index (κ1) is 12.1. The van der Waals surface area contributed by atoms with Crippen molar-refractivity contribution < 1.29 is 24.5 Å². The Balaban J connectivity index is 3.31. The van der Waals surface area contributed by atoms with Gasteiger partial charge in [-0.1, -0.05) is 15.9 Å². The number of carbonyl (C=O) groups is 1. The Morgan fingerprint density at radius 2 is 2.20 bits per heavy atom. The van der Waals surface area contributed by atoms with Crippen LogP contribution in [-0.2, 0) is 14.3 Å². The zero-order valence-corrected chi connectivity index (χ0v) is 9.87. The van der Waals surface area contributed by atoms with Crippen LogP contribution < -0.4 is 0 Å². The average Bonchev–Trinajstić information content (AvgIpc) is 2.16. The number of hydrogen-bond acceptors (Lipinski definition) is 4. The summed E-state index contributed by atoms with van der Waals surface area (Å²) in [5, 5.41) is 18.7. The van der Waals surface area contributed by atoms with Crippen LogP contribution in [0.4, 0.5) is 0 Å². The second kappa shape index (κ2) is 4.24. The highest BCUT2D eigenvalue weighted by atomic mass is 79.9. The number of allylic oxidation sites excluding steroid dienone is 1. The van der Waals surface area contributed by atoms with E-state index in [1.54, 1.807) is 0 Å². The molecule has 15 heavy (non-hydrogen) atoms. The summed E-state index contributed by atoms with van der Waals surface area (Å²) in [4.78, 5) is 11.2. The maximum Gasteiger partial charge on any atom is 0.344 e. The normalized spacial score (nSPS) is 26.2. The van der Waals surface area contributed by atoms with Crippen molar-refractivity contribution in [2.75, 3.05) is 14.2 Å². The standard InChI is InChI=1S/C9H11BrO5/c1-14-7-6(11)3-5(10)4-9(7,15-2)8(12)13/h3,11H,4H2,1-2H3,(H,12,13). The Labute approximate surface area is 95.1 Å². The molecular formula is C9H11BrO5. The highest BCUT2D eigenvalue weighted by molar-refractivity contribution is 9.11. The fourth-order valence-electron chi connectivity index (χ4n) is 1.48. The molecule has 0 fully saturated rings. The Kier molecular flexibility index (Phi) is 3.41. The van der Waals surface area contributed by atoms with Gasteiger partial charge in [0, 0.05) is 18.0 Å². The van der Waals surface area contributed by atoms with Crippen molar-refractivity contribution in [1.29, 1.82) is 0 Å². The van der Waals surface area contributed by atoms with E-state index in [1.807, 2.05) is 0 Å². The Morgan fingerprint density at radius 1 is 1.60 bits per heavy atom. The minimum atomic E-state index is -1.66. The molecule has 84 valence electrons. The zero-order chi connectivity index (χ0) is 11.6. The van der Waals surface area contributed by atoms with Gasteiger partial charge in [0.2, 0.25) is 5.60 Å². The summed E-state index contributed by atoms with van der Waals surface area (Å²) in [6.07, 6.45) is 1.46. The van der Waals surface area contributed by atoms with Gasteiger partial charge in [-0.3, -0.25) is 0 Å². The van der Waals surface area contributed by atoms with Crippen LogP contribution in [0.15, 0.2) is 22.1 Å². The van der Waals surface area contributed by atoms with Crippen molar-refractivity contribution in [1.82, 2.24) is 0 Å². The van der Waals surface area contributed by atoms with Gasteiger partial charge in [0.1, 0.15) is 0 Å². The predicted octanol–water partition coefficient (Wildman–Crippen LogP) is 1.55. The number of methoxy groups -OCH3 is 2. The van der Waals surface area contributed by atoms with E-state index in [0.29, 0.717) is 4.48 Å². The fourth-order valence-corrected chi connectivity index (χ4v) is 2.10. The minimum Gasteiger partial charge on any atom is -0.504 e. The monoisotopic (exact) mass is 278 g/mol. The van der Waals surface area contributed by atoms with Gasteiger partial charge in [0.15, 0.2) is 11.5 Å². The summed E-state index contributed by atoms with van der Waals surface area (Å²) < 4.78 is 10.4. The second-order valence-electron chi connectivity index (χ2n) is 3.02. The van der Waals surface area contributed by atoms with Crippen LogP contribution in [0.5, 0.6) is 0 Å². The minimum absolute atomic E-state index is 0.0755. The van der Waals surface area contributed by atoms with Crippen LogP contribution >= 0.6 is 15.9 Å². The van der Waals surface area contributed by atoms with Gasteiger partial charge in [-0.2, -0.15) is 0 Å². The number of carboxylic acid groups (broad SMARTS) is 1. The Morgan fingerprint density at radius 3 is 2.60 bits per heavy atom. The van der Waals surface area contributed by atoms with E-state index in [-0.39, 0.29) is 17.9 Å². The third kappa shape index (κ3) is 1.87. The van der Waals surface area contributed by atoms with E-state index in [0.717, 1.165) is 0 Å². The molecule has 1 aliphatic rings. The largest absolute Gasteiger partial charge is 0.504 e. The number of aliphatic carboxylic acids is 1. The SMILES string of the molecule is COC1=C(O)C=C(Br)CC1(OC)C(=O)O. The lowest BCUT2D eigenvalue weighted by molar-refractivity contribution is -0.162. The summed E-state index contributed by atoms with van der Waals surface area (Å²) in [6.45, 7) is 0. The van der Waals surface area contributed by atoms with Gasteiger partial charge in [-0.05, 0) is 6.08 Å². The summed E-state index contributed by atoms with van der Waals surface area (Å²) in [5.41, 5.74) is -1.66. The smallest absolute Gasteiger partial charge is 0.344 e. The second-order valence-corrected chi connectivity index (χ2v) is 4.04. The van der Waals surface area contributed by atoms with Crippen LogP contribution in [0.3, 0.4) is 0 Å². The van der Waals surface area contributed by atoms with E-state index in [9.17, 15) is 9.90 Å². The van der Waals surface area contributed by atoms with E-state index in [2.05, 4.69) is 15.9 Å². The number of carboxylic acids is 1. The molecule has 1 rings (SSSR count). The van der Waals surface area contributed by atoms with Crippen LogP contribution in [0.25, 0.3) is 0 Å². The van der Waals surface area contributed by atoms with Gasteiger partial charge in [0.25, 0.3) is 0 Å². The van der Waals surface area contributed by atoms with Gasteiger partial charge < -0.3 is 19.7 Å². The Bertz CT molecular complexity index is 346. The van der Waals surface area contributed by atoms with Crippen molar-refractivity contribution in [3.8, 4) is 0 Å². The Hall–Kier alpha value is -1.01. The first-order valence-electron chi connectivity index (χ1n) is 4.10. The van der Waals surface area contributed by atoms with Crippen molar-refractivity contribution in [2.24, 2.45) is 0 Å². The molecule has 0 heterocycles. The molecule has 1 aliphatic carbocycles. The van der Waals surface area contributed by atoms with Crippen molar-refractivity contribution >= 4 is 21.9 Å². The lowest BCUT2D eigenvalue weighted by atomic mass is 9.92. The molecule has 5 nitrogen and oxygen atoms in total. The molecule has 0 saturated heterocycles. The molecule has 0 amide bonds. The highest BCUT2D eigenvalue weighted by Crippen LogP contribution is 2.37. The molecule has 6 heteroatoms. The summed E-state index contributed by atoms with van der Waals surface area (Å²) in [5.74, 6) is -1.56. The third-order valence-electron chi connectivity index (χ3n) is 2.21.